The van der Waals surface area contributed by atoms with Gasteiger partial charge in [-0.05, 0) is 57.5 Å². The number of aromatic nitrogens is 1. The van der Waals surface area contributed by atoms with Crippen molar-refractivity contribution in [2.24, 2.45) is 0 Å². The Bertz CT molecular complexity index is 806. The Morgan fingerprint density at radius 1 is 1.21 bits per heavy atom. The van der Waals surface area contributed by atoms with Gasteiger partial charge < -0.3 is 14.8 Å². The zero-order chi connectivity index (χ0) is 19.5. The van der Waals surface area contributed by atoms with E-state index in [0.717, 1.165) is 64.8 Å². The van der Waals surface area contributed by atoms with Gasteiger partial charge in [0, 0.05) is 42.3 Å². The summed E-state index contributed by atoms with van der Waals surface area (Å²) in [5, 5.41) is 1.35. The first-order valence-electron chi connectivity index (χ1n) is 10.9. The summed E-state index contributed by atoms with van der Waals surface area (Å²) in [6.07, 6.45) is 5.48. The van der Waals surface area contributed by atoms with E-state index in [0.29, 0.717) is 18.5 Å². The highest BCUT2D eigenvalue weighted by molar-refractivity contribution is 5.85. The van der Waals surface area contributed by atoms with Gasteiger partial charge in [-0.25, -0.2) is 0 Å². The first-order valence-corrected chi connectivity index (χ1v) is 10.9. The quantitative estimate of drug-likeness (QED) is 0.834. The molecule has 2 aromatic rings. The third-order valence-electron chi connectivity index (χ3n) is 6.52. The summed E-state index contributed by atoms with van der Waals surface area (Å²) < 4.78 is 0. The van der Waals surface area contributed by atoms with Crippen LogP contribution in [0.3, 0.4) is 0 Å². The number of nitrogens with one attached hydrogen (secondary N) is 1. The molecule has 1 N–H and O–H groups in total. The Balaban J connectivity index is 1.42. The summed E-state index contributed by atoms with van der Waals surface area (Å²) in [6.45, 7) is 7.69. The van der Waals surface area contributed by atoms with Gasteiger partial charge in [0.15, 0.2) is 0 Å². The Kier molecular flexibility index (Phi) is 6.02. The third kappa shape index (κ3) is 4.11. The lowest BCUT2D eigenvalue weighted by Crippen LogP contribution is -2.50. The van der Waals surface area contributed by atoms with E-state index in [4.69, 9.17) is 0 Å². The molecule has 0 unspecified atom stereocenters. The van der Waals surface area contributed by atoms with Gasteiger partial charge in [0.05, 0.1) is 6.54 Å². The molecule has 0 saturated carbocycles. The summed E-state index contributed by atoms with van der Waals surface area (Å²) >= 11 is 0. The van der Waals surface area contributed by atoms with Crippen LogP contribution in [0.2, 0.25) is 0 Å². The zero-order valence-electron chi connectivity index (χ0n) is 17.4. The second-order valence-corrected chi connectivity index (χ2v) is 8.56. The van der Waals surface area contributed by atoms with Gasteiger partial charge in [-0.2, -0.15) is 0 Å². The van der Waals surface area contributed by atoms with Gasteiger partial charge in [-0.15, -0.1) is 0 Å². The number of hydrogen-bond acceptors (Lipinski definition) is 3. The second kappa shape index (κ2) is 8.66. The first kappa shape index (κ1) is 19.5. The number of fused-ring (bicyclic) bond motifs is 3. The number of benzene rings is 1. The number of aromatic amines is 1. The molecule has 0 atom stereocenters. The number of H-pyrrole nitrogens is 1. The molecule has 0 radical (unpaired) electrons. The molecule has 1 aromatic carbocycles. The van der Waals surface area contributed by atoms with E-state index in [1.807, 2.05) is 0 Å². The molecule has 152 valence electrons. The molecule has 0 bridgehead atoms. The molecular weight excluding hydrogens is 348 g/mol. The predicted octanol–water partition coefficient (Wildman–Crippen LogP) is 3.25. The van der Waals surface area contributed by atoms with Gasteiger partial charge in [0.2, 0.25) is 5.91 Å². The number of nitrogens with zero attached hydrogens (tertiary/aromatic N) is 3. The summed E-state index contributed by atoms with van der Waals surface area (Å²) in [4.78, 5) is 23.7. The normalized spacial score (nSPS) is 19.1. The maximum atomic E-state index is 13.2. The first-order chi connectivity index (χ1) is 13.7. The second-order valence-electron chi connectivity index (χ2n) is 8.56. The largest absolute Gasteiger partial charge is 0.357 e. The molecule has 4 rings (SSSR count). The van der Waals surface area contributed by atoms with Crippen LogP contribution in [0.1, 0.15) is 43.9 Å². The van der Waals surface area contributed by atoms with Crippen LogP contribution in [0, 0.1) is 0 Å². The minimum Gasteiger partial charge on any atom is -0.357 e. The van der Waals surface area contributed by atoms with E-state index in [9.17, 15) is 4.79 Å². The minimum atomic E-state index is 0.322. The lowest BCUT2D eigenvalue weighted by atomic mass is 10.0. The Morgan fingerprint density at radius 3 is 2.79 bits per heavy atom. The third-order valence-corrected chi connectivity index (χ3v) is 6.52. The molecule has 28 heavy (non-hydrogen) atoms. The minimum absolute atomic E-state index is 0.322. The molecule has 0 aliphatic carbocycles. The van der Waals surface area contributed by atoms with Gasteiger partial charge in [0.1, 0.15) is 0 Å². The number of hydrogen-bond donors (Lipinski definition) is 1. The van der Waals surface area contributed by atoms with Gasteiger partial charge in [-0.1, -0.05) is 31.5 Å². The van der Waals surface area contributed by atoms with E-state index in [-0.39, 0.29) is 0 Å². The molecular formula is C23H34N4O. The van der Waals surface area contributed by atoms with Gasteiger partial charge in [0.25, 0.3) is 0 Å². The average Bonchev–Trinajstić information content (AvgIpc) is 3.07. The number of piperidine rings is 1. The van der Waals surface area contributed by atoms with Crippen molar-refractivity contribution in [3.8, 4) is 0 Å². The summed E-state index contributed by atoms with van der Waals surface area (Å²) in [7, 11) is 2.18. The van der Waals surface area contributed by atoms with Crippen LogP contribution < -0.4 is 0 Å². The highest BCUT2D eigenvalue weighted by Gasteiger charge is 2.29. The number of para-hydroxylation sites is 1. The van der Waals surface area contributed by atoms with Crippen LogP contribution in [0.5, 0.6) is 0 Å². The van der Waals surface area contributed by atoms with Crippen LogP contribution in [0.4, 0.5) is 0 Å². The monoisotopic (exact) mass is 382 g/mol. The highest BCUT2D eigenvalue weighted by Crippen LogP contribution is 2.27. The molecule has 5 nitrogen and oxygen atoms in total. The van der Waals surface area contributed by atoms with E-state index < -0.39 is 0 Å². The summed E-state index contributed by atoms with van der Waals surface area (Å²) in [6, 6.07) is 8.97. The fourth-order valence-corrected chi connectivity index (χ4v) is 4.81. The number of likely N-dealkylation sites (tertiary alicyclic amines) is 1. The van der Waals surface area contributed by atoms with Gasteiger partial charge in [-0.3, -0.25) is 9.69 Å². The zero-order valence-corrected chi connectivity index (χ0v) is 17.4. The smallest absolute Gasteiger partial charge is 0.237 e. The molecule has 0 spiro atoms. The topological polar surface area (TPSA) is 42.6 Å². The molecule has 1 saturated heterocycles. The van der Waals surface area contributed by atoms with E-state index >= 15 is 0 Å². The number of unbranched alkanes of at least 4 members (excludes halogenated alkanes) is 1. The number of amides is 1. The SMILES string of the molecule is CCCCN(C(=O)CN1CCc2c([nH]c3ccccc23)C1)C1CCN(C)CC1. The Morgan fingerprint density at radius 2 is 2.00 bits per heavy atom. The number of carbonyl (C=O) groups excluding carboxylic acids is 1. The highest BCUT2D eigenvalue weighted by atomic mass is 16.2. The molecule has 3 heterocycles. The van der Waals surface area contributed by atoms with Crippen LogP contribution in [0.15, 0.2) is 24.3 Å². The summed E-state index contributed by atoms with van der Waals surface area (Å²) in [5.41, 5.74) is 3.95. The van der Waals surface area contributed by atoms with Crippen LogP contribution in [0.25, 0.3) is 10.9 Å². The lowest BCUT2D eigenvalue weighted by Gasteiger charge is -2.38. The van der Waals surface area contributed by atoms with E-state index in [2.05, 4.69) is 57.9 Å². The van der Waals surface area contributed by atoms with Crippen molar-refractivity contribution >= 4 is 16.8 Å². The van der Waals surface area contributed by atoms with Crippen molar-refractivity contribution in [2.45, 2.75) is 51.6 Å². The van der Waals surface area contributed by atoms with E-state index in [1.165, 1.54) is 22.2 Å². The van der Waals surface area contributed by atoms with Crippen molar-refractivity contribution in [2.75, 3.05) is 39.8 Å². The molecule has 2 aliphatic heterocycles. The van der Waals surface area contributed by atoms with Crippen LogP contribution in [-0.4, -0.2) is 71.4 Å². The average molecular weight is 383 g/mol. The predicted molar refractivity (Wildman–Crippen MR) is 114 cm³/mol. The fourth-order valence-electron chi connectivity index (χ4n) is 4.81. The van der Waals surface area contributed by atoms with Crippen LogP contribution in [-0.2, 0) is 17.8 Å². The number of rotatable bonds is 6. The van der Waals surface area contributed by atoms with Crippen LogP contribution >= 0.6 is 0 Å². The van der Waals surface area contributed by atoms with Gasteiger partial charge >= 0.3 is 0 Å². The Hall–Kier alpha value is -1.85. The van der Waals surface area contributed by atoms with Crippen molar-refractivity contribution in [1.29, 1.82) is 0 Å². The molecule has 1 fully saturated rings. The van der Waals surface area contributed by atoms with Crippen molar-refractivity contribution in [3.05, 3.63) is 35.5 Å². The fraction of sp³-hybridized carbons (Fsp3) is 0.609. The number of carbonyl (C=O) groups is 1. The van der Waals surface area contributed by atoms with Crippen molar-refractivity contribution < 1.29 is 4.79 Å². The standard InChI is InChI=1S/C23H34N4O/c1-3-4-12-27(18-9-13-25(2)14-10-18)23(28)17-26-15-11-20-19-7-5-6-8-21(19)24-22(20)16-26/h5-8,18,24H,3-4,9-17H2,1-2H3. The lowest BCUT2D eigenvalue weighted by molar-refractivity contribution is -0.136. The maximum Gasteiger partial charge on any atom is 0.237 e. The van der Waals surface area contributed by atoms with E-state index in [1.54, 1.807) is 0 Å². The van der Waals surface area contributed by atoms with Crippen molar-refractivity contribution in [1.82, 2.24) is 19.7 Å². The molecule has 5 heteroatoms. The Labute approximate surface area is 168 Å². The maximum absolute atomic E-state index is 13.2. The molecule has 2 aliphatic rings. The molecule has 1 aromatic heterocycles. The summed E-state index contributed by atoms with van der Waals surface area (Å²) in [5.74, 6) is 0.322. The van der Waals surface area contributed by atoms with Crippen molar-refractivity contribution in [3.63, 3.8) is 0 Å². The molecule has 1 amide bonds.